The molecule has 3 nitrogen and oxygen atoms in total. The number of benzene rings is 1. The Labute approximate surface area is 109 Å². The van der Waals surface area contributed by atoms with E-state index in [1.54, 1.807) is 7.11 Å². The van der Waals surface area contributed by atoms with Crippen LogP contribution >= 0.6 is 0 Å². The van der Waals surface area contributed by atoms with Crippen LogP contribution < -0.4 is 0 Å². The summed E-state index contributed by atoms with van der Waals surface area (Å²) >= 11 is 0. The molecule has 0 saturated heterocycles. The van der Waals surface area contributed by atoms with Gasteiger partial charge in [-0.25, -0.2) is 9.78 Å². The molecule has 0 heterocycles. The fourth-order valence-electron chi connectivity index (χ4n) is 1.48. The van der Waals surface area contributed by atoms with Crippen LogP contribution in [0, 0.1) is 0 Å². The molecular formula is C15H22O3. The van der Waals surface area contributed by atoms with Gasteiger partial charge in [0.1, 0.15) is 0 Å². The van der Waals surface area contributed by atoms with Crippen molar-refractivity contribution in [2.75, 3.05) is 13.7 Å². The monoisotopic (exact) mass is 250 g/mol. The van der Waals surface area contributed by atoms with Gasteiger partial charge >= 0.3 is 0 Å². The fraction of sp³-hybridized carbons (Fsp3) is 0.467. The molecule has 0 amide bonds. The number of allylic oxidation sites excluding steroid dienone is 1. The summed E-state index contributed by atoms with van der Waals surface area (Å²) < 4.78 is 5.22. The van der Waals surface area contributed by atoms with Crippen molar-refractivity contribution in [1.29, 1.82) is 0 Å². The molecule has 0 aliphatic heterocycles. The number of rotatable bonds is 8. The van der Waals surface area contributed by atoms with Crippen LogP contribution in [0.25, 0.3) is 0 Å². The van der Waals surface area contributed by atoms with Gasteiger partial charge in [-0.1, -0.05) is 42.0 Å². The number of methoxy groups -OCH3 is 1. The predicted octanol–water partition coefficient (Wildman–Crippen LogP) is 3.51. The Bertz CT molecular complexity index is 342. The van der Waals surface area contributed by atoms with E-state index in [-0.39, 0.29) is 6.29 Å². The van der Waals surface area contributed by atoms with Crippen LogP contribution in [0.15, 0.2) is 42.0 Å². The summed E-state index contributed by atoms with van der Waals surface area (Å²) in [4.78, 5) is 10.4. The second kappa shape index (κ2) is 8.86. The van der Waals surface area contributed by atoms with E-state index in [0.717, 1.165) is 12.0 Å². The van der Waals surface area contributed by atoms with Gasteiger partial charge in [0.2, 0.25) is 0 Å². The third-order valence-corrected chi connectivity index (χ3v) is 2.44. The lowest BCUT2D eigenvalue weighted by molar-refractivity contribution is -0.373. The molecular weight excluding hydrogens is 228 g/mol. The molecule has 3 heteroatoms. The Morgan fingerprint density at radius 1 is 1.22 bits per heavy atom. The number of hydrogen-bond donors (Lipinski definition) is 0. The summed E-state index contributed by atoms with van der Waals surface area (Å²) in [5.41, 5.74) is 2.45. The average Bonchev–Trinajstić information content (AvgIpc) is 2.38. The van der Waals surface area contributed by atoms with Crippen molar-refractivity contribution in [3.8, 4) is 0 Å². The topological polar surface area (TPSA) is 27.7 Å². The van der Waals surface area contributed by atoms with Gasteiger partial charge in [-0.2, -0.15) is 0 Å². The zero-order valence-corrected chi connectivity index (χ0v) is 11.4. The lowest BCUT2D eigenvalue weighted by Gasteiger charge is -2.14. The van der Waals surface area contributed by atoms with Gasteiger partial charge in [-0.3, -0.25) is 0 Å². The highest BCUT2D eigenvalue weighted by atomic mass is 17.2. The van der Waals surface area contributed by atoms with Gasteiger partial charge in [0, 0.05) is 13.5 Å². The van der Waals surface area contributed by atoms with Crippen molar-refractivity contribution in [2.45, 2.75) is 33.0 Å². The first kappa shape index (κ1) is 14.9. The van der Waals surface area contributed by atoms with Gasteiger partial charge < -0.3 is 4.74 Å². The number of ether oxygens (including phenoxy) is 1. The Morgan fingerprint density at radius 3 is 2.56 bits per heavy atom. The van der Waals surface area contributed by atoms with Gasteiger partial charge in [0.25, 0.3) is 0 Å². The smallest absolute Gasteiger partial charge is 0.194 e. The zero-order chi connectivity index (χ0) is 13.2. The Morgan fingerprint density at radius 2 is 1.94 bits per heavy atom. The molecule has 1 atom stereocenters. The van der Waals surface area contributed by atoms with E-state index < -0.39 is 0 Å². The van der Waals surface area contributed by atoms with Crippen molar-refractivity contribution in [3.63, 3.8) is 0 Å². The molecule has 18 heavy (non-hydrogen) atoms. The SMILES string of the molecule is COC(Cc1ccccc1)OOCCC=C(C)C. The molecule has 0 fully saturated rings. The van der Waals surface area contributed by atoms with Gasteiger partial charge in [-0.05, 0) is 25.8 Å². The van der Waals surface area contributed by atoms with Gasteiger partial charge in [0.15, 0.2) is 6.29 Å². The van der Waals surface area contributed by atoms with E-state index in [1.165, 1.54) is 5.57 Å². The molecule has 0 aromatic heterocycles. The second-order valence-electron chi connectivity index (χ2n) is 4.34. The van der Waals surface area contributed by atoms with E-state index in [1.807, 2.05) is 30.3 Å². The van der Waals surface area contributed by atoms with Gasteiger partial charge in [-0.15, -0.1) is 0 Å². The Balaban J connectivity index is 2.24. The van der Waals surface area contributed by atoms with Crippen LogP contribution in [0.3, 0.4) is 0 Å². The van der Waals surface area contributed by atoms with E-state index in [0.29, 0.717) is 13.0 Å². The number of hydrogen-bond acceptors (Lipinski definition) is 3. The van der Waals surface area contributed by atoms with E-state index in [9.17, 15) is 0 Å². The summed E-state index contributed by atoms with van der Waals surface area (Å²) in [5.74, 6) is 0. The zero-order valence-electron chi connectivity index (χ0n) is 11.4. The summed E-state index contributed by atoms with van der Waals surface area (Å²) in [6, 6.07) is 10.1. The van der Waals surface area contributed by atoms with Crippen molar-refractivity contribution in [3.05, 3.63) is 47.5 Å². The molecule has 1 rings (SSSR count). The third kappa shape index (κ3) is 6.55. The normalized spacial score (nSPS) is 12.2. The maximum atomic E-state index is 5.23. The molecule has 100 valence electrons. The maximum Gasteiger partial charge on any atom is 0.194 e. The molecule has 0 radical (unpaired) electrons. The van der Waals surface area contributed by atoms with Crippen LogP contribution in [0.4, 0.5) is 0 Å². The van der Waals surface area contributed by atoms with Crippen LogP contribution in [0.5, 0.6) is 0 Å². The van der Waals surface area contributed by atoms with E-state index >= 15 is 0 Å². The van der Waals surface area contributed by atoms with Crippen molar-refractivity contribution < 1.29 is 14.5 Å². The highest BCUT2D eigenvalue weighted by Gasteiger charge is 2.09. The summed E-state index contributed by atoms with van der Waals surface area (Å²) in [6.45, 7) is 4.67. The quantitative estimate of drug-likeness (QED) is 0.232. The summed E-state index contributed by atoms with van der Waals surface area (Å²) in [6.07, 6.45) is 3.28. The summed E-state index contributed by atoms with van der Waals surface area (Å²) in [5, 5.41) is 0. The molecule has 1 aromatic rings. The first-order valence-corrected chi connectivity index (χ1v) is 6.20. The average molecular weight is 250 g/mol. The minimum atomic E-state index is -0.362. The molecule has 1 aromatic carbocycles. The molecule has 1 unspecified atom stereocenters. The standard InChI is InChI=1S/C15H22O3/c1-13(2)8-7-11-17-18-15(16-3)12-14-9-5-4-6-10-14/h4-6,8-10,15H,7,11-12H2,1-3H3. The first-order chi connectivity index (χ1) is 8.72. The third-order valence-electron chi connectivity index (χ3n) is 2.44. The molecule has 0 N–H and O–H groups in total. The molecule has 0 saturated carbocycles. The summed E-state index contributed by atoms with van der Waals surface area (Å²) in [7, 11) is 1.62. The van der Waals surface area contributed by atoms with Crippen LogP contribution in [-0.2, 0) is 20.9 Å². The van der Waals surface area contributed by atoms with Crippen LogP contribution in [0.2, 0.25) is 0 Å². The van der Waals surface area contributed by atoms with Gasteiger partial charge in [0.05, 0.1) is 6.61 Å². The first-order valence-electron chi connectivity index (χ1n) is 6.20. The second-order valence-corrected chi connectivity index (χ2v) is 4.34. The molecule has 0 bridgehead atoms. The molecule has 0 aliphatic carbocycles. The van der Waals surface area contributed by atoms with Crippen LogP contribution in [-0.4, -0.2) is 20.0 Å². The largest absolute Gasteiger partial charge is 0.353 e. The Hall–Kier alpha value is -1.16. The van der Waals surface area contributed by atoms with Crippen molar-refractivity contribution >= 4 is 0 Å². The fourth-order valence-corrected chi connectivity index (χ4v) is 1.48. The molecule has 0 spiro atoms. The highest BCUT2D eigenvalue weighted by molar-refractivity contribution is 5.14. The van der Waals surface area contributed by atoms with E-state index in [4.69, 9.17) is 14.5 Å². The minimum absolute atomic E-state index is 0.362. The maximum absolute atomic E-state index is 5.23. The van der Waals surface area contributed by atoms with Crippen molar-refractivity contribution in [2.24, 2.45) is 0 Å². The highest BCUT2D eigenvalue weighted by Crippen LogP contribution is 2.07. The lowest BCUT2D eigenvalue weighted by atomic mass is 10.1. The Kier molecular flexibility index (Phi) is 7.34. The molecule has 0 aliphatic rings. The predicted molar refractivity (Wildman–Crippen MR) is 72.0 cm³/mol. The minimum Gasteiger partial charge on any atom is -0.353 e. The lowest BCUT2D eigenvalue weighted by Crippen LogP contribution is -2.19. The van der Waals surface area contributed by atoms with E-state index in [2.05, 4.69) is 19.9 Å². The van der Waals surface area contributed by atoms with Crippen molar-refractivity contribution in [1.82, 2.24) is 0 Å². The van der Waals surface area contributed by atoms with Crippen LogP contribution in [0.1, 0.15) is 25.8 Å².